The maximum Gasteiger partial charge on any atom is 0.225 e. The lowest BCUT2D eigenvalue weighted by molar-refractivity contribution is -0.136. The van der Waals surface area contributed by atoms with Gasteiger partial charge in [0.25, 0.3) is 0 Å². The summed E-state index contributed by atoms with van der Waals surface area (Å²) in [5.74, 6) is 1.07. The van der Waals surface area contributed by atoms with E-state index in [1.54, 1.807) is 0 Å². The molecule has 0 aromatic heterocycles. The van der Waals surface area contributed by atoms with Crippen LogP contribution >= 0.6 is 12.4 Å². The van der Waals surface area contributed by atoms with Gasteiger partial charge in [0.1, 0.15) is 0 Å². The van der Waals surface area contributed by atoms with Crippen molar-refractivity contribution >= 4 is 18.3 Å². The van der Waals surface area contributed by atoms with Gasteiger partial charge >= 0.3 is 0 Å². The van der Waals surface area contributed by atoms with Crippen LogP contribution in [0.25, 0.3) is 0 Å². The molecule has 0 aromatic rings. The Hall–Kier alpha value is -0.320. The summed E-state index contributed by atoms with van der Waals surface area (Å²) in [7, 11) is 1.96. The van der Waals surface area contributed by atoms with Crippen molar-refractivity contribution in [2.45, 2.75) is 51.2 Å². The average molecular weight is 291 g/mol. The van der Waals surface area contributed by atoms with Crippen LogP contribution in [0.4, 0.5) is 0 Å². The van der Waals surface area contributed by atoms with Gasteiger partial charge in [0.15, 0.2) is 0 Å². The number of morpholine rings is 1. The number of amides is 1. The van der Waals surface area contributed by atoms with Crippen LogP contribution < -0.4 is 5.32 Å². The first kappa shape index (κ1) is 16.7. The predicted octanol–water partition coefficient (Wildman–Crippen LogP) is 1.82. The molecule has 112 valence electrons. The molecule has 4 nitrogen and oxygen atoms in total. The smallest absolute Gasteiger partial charge is 0.225 e. The Morgan fingerprint density at radius 3 is 2.58 bits per heavy atom. The van der Waals surface area contributed by atoms with Gasteiger partial charge in [0, 0.05) is 26.2 Å². The van der Waals surface area contributed by atoms with E-state index in [1.807, 2.05) is 11.9 Å². The standard InChI is InChI=1S/C14H26N2O2.ClH/c1-11-3-5-12(6-4-11)16(2)14(17)9-13-10-15-7-8-18-13;/h11-13,15H,3-10H2,1-2H3;1H. The minimum Gasteiger partial charge on any atom is -0.375 e. The SMILES string of the molecule is CC1CCC(N(C)C(=O)CC2CNCCO2)CC1.Cl. The highest BCUT2D eigenvalue weighted by Crippen LogP contribution is 2.26. The van der Waals surface area contributed by atoms with Gasteiger partial charge < -0.3 is 15.0 Å². The van der Waals surface area contributed by atoms with Crippen LogP contribution in [0.15, 0.2) is 0 Å². The first-order valence-electron chi connectivity index (χ1n) is 7.25. The third-order valence-corrected chi connectivity index (χ3v) is 4.33. The second-order valence-electron chi connectivity index (χ2n) is 5.82. The van der Waals surface area contributed by atoms with Gasteiger partial charge in [0.2, 0.25) is 5.91 Å². The molecule has 1 unspecified atom stereocenters. The number of rotatable bonds is 3. The zero-order chi connectivity index (χ0) is 13.0. The fraction of sp³-hybridized carbons (Fsp3) is 0.929. The Morgan fingerprint density at radius 1 is 1.32 bits per heavy atom. The maximum atomic E-state index is 12.2. The third-order valence-electron chi connectivity index (χ3n) is 4.33. The van der Waals surface area contributed by atoms with Crippen molar-refractivity contribution in [1.29, 1.82) is 0 Å². The van der Waals surface area contributed by atoms with Crippen LogP contribution in [0.5, 0.6) is 0 Å². The number of nitrogens with zero attached hydrogens (tertiary/aromatic N) is 1. The first-order chi connectivity index (χ1) is 8.66. The van der Waals surface area contributed by atoms with E-state index in [9.17, 15) is 4.79 Å². The molecular weight excluding hydrogens is 264 g/mol. The summed E-state index contributed by atoms with van der Waals surface area (Å²) >= 11 is 0. The lowest BCUT2D eigenvalue weighted by atomic mass is 9.86. The van der Waals surface area contributed by atoms with E-state index in [0.29, 0.717) is 12.5 Å². The van der Waals surface area contributed by atoms with Gasteiger partial charge in [-0.3, -0.25) is 4.79 Å². The summed E-state index contributed by atoms with van der Waals surface area (Å²) in [6, 6.07) is 0.449. The molecule has 19 heavy (non-hydrogen) atoms. The fourth-order valence-electron chi connectivity index (χ4n) is 2.92. The normalized spacial score (nSPS) is 31.4. The second-order valence-corrected chi connectivity index (χ2v) is 5.82. The maximum absolute atomic E-state index is 12.2. The van der Waals surface area contributed by atoms with Gasteiger partial charge in [-0.2, -0.15) is 0 Å². The van der Waals surface area contributed by atoms with Crippen LogP contribution in [0, 0.1) is 5.92 Å². The van der Waals surface area contributed by atoms with Crippen LogP contribution in [-0.4, -0.2) is 49.7 Å². The first-order valence-corrected chi connectivity index (χ1v) is 7.25. The van der Waals surface area contributed by atoms with Gasteiger partial charge in [-0.25, -0.2) is 0 Å². The molecule has 0 spiro atoms. The minimum atomic E-state index is 0. The van der Waals surface area contributed by atoms with Crippen molar-refractivity contribution in [3.05, 3.63) is 0 Å². The molecule has 2 rings (SSSR count). The van der Waals surface area contributed by atoms with E-state index in [4.69, 9.17) is 4.74 Å². The molecule has 1 saturated carbocycles. The lowest BCUT2D eigenvalue weighted by Gasteiger charge is -2.34. The van der Waals surface area contributed by atoms with Crippen molar-refractivity contribution in [3.63, 3.8) is 0 Å². The molecule has 5 heteroatoms. The van der Waals surface area contributed by atoms with Crippen molar-refractivity contribution < 1.29 is 9.53 Å². The molecule has 1 atom stereocenters. The van der Waals surface area contributed by atoms with E-state index in [0.717, 1.165) is 38.5 Å². The molecule has 2 aliphatic rings. The molecule has 1 heterocycles. The van der Waals surface area contributed by atoms with Crippen molar-refractivity contribution in [3.8, 4) is 0 Å². The molecule has 0 bridgehead atoms. The number of hydrogen-bond acceptors (Lipinski definition) is 3. The second kappa shape index (κ2) is 8.08. The zero-order valence-corrected chi connectivity index (χ0v) is 12.9. The highest BCUT2D eigenvalue weighted by Gasteiger charge is 2.26. The number of carbonyl (C=O) groups is 1. The number of hydrogen-bond donors (Lipinski definition) is 1. The van der Waals surface area contributed by atoms with E-state index in [1.165, 1.54) is 12.8 Å². The summed E-state index contributed by atoms with van der Waals surface area (Å²) < 4.78 is 5.59. The molecule has 1 saturated heterocycles. The van der Waals surface area contributed by atoms with Crippen molar-refractivity contribution in [1.82, 2.24) is 10.2 Å². The van der Waals surface area contributed by atoms with Crippen LogP contribution in [0.1, 0.15) is 39.0 Å². The Balaban J connectivity index is 0.00000180. The monoisotopic (exact) mass is 290 g/mol. The number of carbonyl (C=O) groups excluding carboxylic acids is 1. The van der Waals surface area contributed by atoms with E-state index >= 15 is 0 Å². The number of ether oxygens (including phenoxy) is 1. The Kier molecular flexibility index (Phi) is 7.11. The van der Waals surface area contributed by atoms with E-state index in [2.05, 4.69) is 12.2 Å². The van der Waals surface area contributed by atoms with Crippen LogP contribution in [-0.2, 0) is 9.53 Å². The molecule has 1 N–H and O–H groups in total. The predicted molar refractivity (Wildman–Crippen MR) is 78.7 cm³/mol. The summed E-state index contributed by atoms with van der Waals surface area (Å²) in [4.78, 5) is 14.2. The van der Waals surface area contributed by atoms with Crippen molar-refractivity contribution in [2.75, 3.05) is 26.7 Å². The van der Waals surface area contributed by atoms with Gasteiger partial charge in [-0.05, 0) is 31.6 Å². The molecule has 1 aliphatic heterocycles. The Morgan fingerprint density at radius 2 is 2.00 bits per heavy atom. The average Bonchev–Trinajstić information content (AvgIpc) is 2.40. The number of nitrogens with one attached hydrogen (secondary N) is 1. The summed E-state index contributed by atoms with van der Waals surface area (Å²) in [5.41, 5.74) is 0. The molecule has 0 aromatic carbocycles. The van der Waals surface area contributed by atoms with Crippen LogP contribution in [0.2, 0.25) is 0 Å². The largest absolute Gasteiger partial charge is 0.375 e. The summed E-state index contributed by atoms with van der Waals surface area (Å²) in [6.45, 7) is 4.74. The Bertz CT molecular complexity index is 275. The molecule has 1 amide bonds. The third kappa shape index (κ3) is 4.93. The van der Waals surface area contributed by atoms with Gasteiger partial charge in [-0.1, -0.05) is 6.92 Å². The van der Waals surface area contributed by atoms with Gasteiger partial charge in [-0.15, -0.1) is 12.4 Å². The summed E-state index contributed by atoms with van der Waals surface area (Å²) in [5, 5.41) is 3.27. The lowest BCUT2D eigenvalue weighted by Crippen LogP contribution is -2.44. The van der Waals surface area contributed by atoms with Gasteiger partial charge in [0.05, 0.1) is 19.1 Å². The minimum absolute atomic E-state index is 0. The quantitative estimate of drug-likeness (QED) is 0.862. The highest BCUT2D eigenvalue weighted by molar-refractivity contribution is 5.85. The Labute approximate surface area is 122 Å². The molecule has 0 radical (unpaired) electrons. The molecule has 2 fully saturated rings. The van der Waals surface area contributed by atoms with E-state index in [-0.39, 0.29) is 24.4 Å². The molecular formula is C14H27ClN2O2. The highest BCUT2D eigenvalue weighted by atomic mass is 35.5. The summed E-state index contributed by atoms with van der Waals surface area (Å²) in [6.07, 6.45) is 5.42. The zero-order valence-electron chi connectivity index (χ0n) is 12.1. The number of halogens is 1. The van der Waals surface area contributed by atoms with Crippen molar-refractivity contribution in [2.24, 2.45) is 5.92 Å². The topological polar surface area (TPSA) is 41.6 Å². The fourth-order valence-corrected chi connectivity index (χ4v) is 2.92. The van der Waals surface area contributed by atoms with Crippen LogP contribution in [0.3, 0.4) is 0 Å². The van der Waals surface area contributed by atoms with E-state index < -0.39 is 0 Å². The molecule has 1 aliphatic carbocycles.